The Morgan fingerprint density at radius 2 is 2.13 bits per heavy atom. The highest BCUT2D eigenvalue weighted by atomic mass is 35.5. The molecule has 2 fully saturated rings. The summed E-state index contributed by atoms with van der Waals surface area (Å²) in [4.78, 5) is 11.6. The average Bonchev–Trinajstić information content (AvgIpc) is 2.87. The molecule has 2 aliphatic rings. The van der Waals surface area contributed by atoms with Gasteiger partial charge in [0, 0.05) is 5.92 Å². The van der Waals surface area contributed by atoms with Crippen LogP contribution in [0, 0.1) is 5.92 Å². The summed E-state index contributed by atoms with van der Waals surface area (Å²) < 4.78 is 5.03. The average molecular weight is 243 g/mol. The minimum Gasteiger partial charge on any atom is -0.465 e. The lowest BCUT2D eigenvalue weighted by atomic mass is 9.95. The van der Waals surface area contributed by atoms with Crippen molar-refractivity contribution < 1.29 is 9.53 Å². The van der Waals surface area contributed by atoms with E-state index in [4.69, 9.17) is 27.9 Å². The molecule has 0 aromatic heterocycles. The largest absolute Gasteiger partial charge is 0.465 e. The van der Waals surface area contributed by atoms with Gasteiger partial charge in [0.15, 0.2) is 0 Å². The van der Waals surface area contributed by atoms with Gasteiger partial charge in [-0.25, -0.2) is 0 Å². The third kappa shape index (κ3) is 1.15. The van der Waals surface area contributed by atoms with Crippen LogP contribution in [0.25, 0.3) is 0 Å². The Bertz CT molecular complexity index is 458. The molecular formula is C11H8Cl2O2. The van der Waals surface area contributed by atoms with E-state index < -0.39 is 5.41 Å². The quantitative estimate of drug-likeness (QED) is 0.709. The molecule has 2 nitrogen and oxygen atoms in total. The van der Waals surface area contributed by atoms with Gasteiger partial charge in [-0.1, -0.05) is 29.3 Å². The molecule has 0 amide bonds. The molecular weight excluding hydrogens is 235 g/mol. The molecule has 3 rings (SSSR count). The number of benzene rings is 1. The van der Waals surface area contributed by atoms with Crippen LogP contribution in [-0.4, -0.2) is 12.6 Å². The Kier molecular flexibility index (Phi) is 1.83. The number of fused-ring (bicyclic) bond motifs is 1. The Hall–Kier alpha value is -0.730. The van der Waals surface area contributed by atoms with E-state index in [0.717, 1.165) is 12.0 Å². The molecule has 1 aliphatic carbocycles. The van der Waals surface area contributed by atoms with E-state index in [9.17, 15) is 4.79 Å². The zero-order valence-corrected chi connectivity index (χ0v) is 9.31. The Labute approximate surface area is 97.1 Å². The standard InChI is InChI=1S/C11H8Cl2O2/c12-8-2-1-6(3-9(8)13)11-4-7(11)5-15-10(11)14/h1-3,7H,4-5H2/t7-,11+/m0/s1. The van der Waals surface area contributed by atoms with E-state index in [0.29, 0.717) is 22.6 Å². The van der Waals surface area contributed by atoms with Crippen LogP contribution in [0.4, 0.5) is 0 Å². The highest BCUT2D eigenvalue weighted by Gasteiger charge is 2.66. The maximum atomic E-state index is 11.6. The fraction of sp³-hybridized carbons (Fsp3) is 0.364. The van der Waals surface area contributed by atoms with Gasteiger partial charge in [-0.3, -0.25) is 4.79 Å². The molecule has 1 aliphatic heterocycles. The van der Waals surface area contributed by atoms with Crippen molar-refractivity contribution in [2.45, 2.75) is 11.8 Å². The summed E-state index contributed by atoms with van der Waals surface area (Å²) in [6.07, 6.45) is 0.879. The van der Waals surface area contributed by atoms with E-state index in [-0.39, 0.29) is 5.97 Å². The predicted molar refractivity (Wildman–Crippen MR) is 57.2 cm³/mol. The second kappa shape index (κ2) is 2.89. The molecule has 1 saturated carbocycles. The van der Waals surface area contributed by atoms with Gasteiger partial charge in [-0.05, 0) is 24.1 Å². The number of cyclic esters (lactones) is 1. The molecule has 0 spiro atoms. The van der Waals surface area contributed by atoms with Crippen LogP contribution in [0.2, 0.25) is 10.0 Å². The van der Waals surface area contributed by atoms with Crippen molar-refractivity contribution in [2.24, 2.45) is 5.92 Å². The van der Waals surface area contributed by atoms with Crippen LogP contribution in [0.1, 0.15) is 12.0 Å². The monoisotopic (exact) mass is 242 g/mol. The first kappa shape index (κ1) is 9.49. The number of rotatable bonds is 1. The second-order valence-corrected chi connectivity index (χ2v) is 4.91. The van der Waals surface area contributed by atoms with E-state index in [1.807, 2.05) is 6.07 Å². The van der Waals surface area contributed by atoms with Crippen molar-refractivity contribution in [1.82, 2.24) is 0 Å². The number of ether oxygens (including phenoxy) is 1. The van der Waals surface area contributed by atoms with Crippen LogP contribution >= 0.6 is 23.2 Å². The number of halogens is 2. The van der Waals surface area contributed by atoms with E-state index >= 15 is 0 Å². The third-order valence-corrected chi connectivity index (χ3v) is 4.06. The van der Waals surface area contributed by atoms with Gasteiger partial charge < -0.3 is 4.74 Å². The second-order valence-electron chi connectivity index (χ2n) is 4.10. The normalized spacial score (nSPS) is 32.4. The summed E-state index contributed by atoms with van der Waals surface area (Å²) in [5, 5.41) is 1.01. The lowest BCUT2D eigenvalue weighted by molar-refractivity contribution is -0.142. The Morgan fingerprint density at radius 1 is 1.33 bits per heavy atom. The predicted octanol–water partition coefficient (Wildman–Crippen LogP) is 2.81. The minimum atomic E-state index is -0.409. The molecule has 2 atom stereocenters. The maximum Gasteiger partial charge on any atom is 0.317 e. The molecule has 0 radical (unpaired) electrons. The van der Waals surface area contributed by atoms with Gasteiger partial charge in [0.05, 0.1) is 22.1 Å². The zero-order chi connectivity index (χ0) is 10.6. The molecule has 78 valence electrons. The maximum absolute atomic E-state index is 11.6. The molecule has 1 saturated heterocycles. The fourth-order valence-corrected chi connectivity index (χ4v) is 2.63. The highest BCUT2D eigenvalue weighted by molar-refractivity contribution is 6.42. The molecule has 15 heavy (non-hydrogen) atoms. The van der Waals surface area contributed by atoms with Crippen LogP contribution in [0.5, 0.6) is 0 Å². The lowest BCUT2D eigenvalue weighted by Crippen LogP contribution is -2.18. The molecule has 0 N–H and O–H groups in total. The van der Waals surface area contributed by atoms with Crippen LogP contribution in [0.3, 0.4) is 0 Å². The summed E-state index contributed by atoms with van der Waals surface area (Å²) in [6, 6.07) is 5.37. The van der Waals surface area contributed by atoms with Gasteiger partial charge in [0.2, 0.25) is 0 Å². The number of hydrogen-bond donors (Lipinski definition) is 0. The van der Waals surface area contributed by atoms with Crippen molar-refractivity contribution in [3.05, 3.63) is 33.8 Å². The van der Waals surface area contributed by atoms with Gasteiger partial charge in [0.25, 0.3) is 0 Å². The third-order valence-electron chi connectivity index (χ3n) is 3.32. The van der Waals surface area contributed by atoms with Crippen molar-refractivity contribution >= 4 is 29.2 Å². The van der Waals surface area contributed by atoms with Crippen LogP contribution in [-0.2, 0) is 14.9 Å². The summed E-state index contributed by atoms with van der Waals surface area (Å²) in [6.45, 7) is 0.541. The Balaban J connectivity index is 2.07. The van der Waals surface area contributed by atoms with Gasteiger partial charge >= 0.3 is 5.97 Å². The van der Waals surface area contributed by atoms with Crippen molar-refractivity contribution in [1.29, 1.82) is 0 Å². The van der Waals surface area contributed by atoms with Crippen molar-refractivity contribution in [3.63, 3.8) is 0 Å². The van der Waals surface area contributed by atoms with E-state index in [1.54, 1.807) is 12.1 Å². The van der Waals surface area contributed by atoms with Crippen LogP contribution < -0.4 is 0 Å². The summed E-state index contributed by atoms with van der Waals surface area (Å²) in [7, 11) is 0. The molecule has 1 aromatic carbocycles. The molecule has 4 heteroatoms. The SMILES string of the molecule is O=C1OC[C@@H]2C[C@]12c1ccc(Cl)c(Cl)c1. The summed E-state index contributed by atoms with van der Waals surface area (Å²) >= 11 is 11.8. The smallest absolute Gasteiger partial charge is 0.317 e. The lowest BCUT2D eigenvalue weighted by Gasteiger charge is -2.10. The molecule has 1 heterocycles. The fourth-order valence-electron chi connectivity index (χ4n) is 2.33. The first-order valence-corrected chi connectivity index (χ1v) is 5.53. The van der Waals surface area contributed by atoms with E-state index in [2.05, 4.69) is 0 Å². The first-order valence-electron chi connectivity index (χ1n) is 4.77. The van der Waals surface area contributed by atoms with Crippen molar-refractivity contribution in [3.8, 4) is 0 Å². The molecule has 0 bridgehead atoms. The summed E-state index contributed by atoms with van der Waals surface area (Å²) in [5.41, 5.74) is 0.526. The van der Waals surface area contributed by atoms with Gasteiger partial charge in [-0.2, -0.15) is 0 Å². The topological polar surface area (TPSA) is 26.3 Å². The highest BCUT2D eigenvalue weighted by Crippen LogP contribution is 2.59. The summed E-state index contributed by atoms with van der Waals surface area (Å²) in [5.74, 6) is 0.216. The van der Waals surface area contributed by atoms with Crippen molar-refractivity contribution in [2.75, 3.05) is 6.61 Å². The number of hydrogen-bond acceptors (Lipinski definition) is 2. The van der Waals surface area contributed by atoms with Gasteiger partial charge in [-0.15, -0.1) is 0 Å². The molecule has 0 unspecified atom stereocenters. The van der Waals surface area contributed by atoms with Gasteiger partial charge in [0.1, 0.15) is 0 Å². The van der Waals surface area contributed by atoms with E-state index in [1.165, 1.54) is 0 Å². The minimum absolute atomic E-state index is 0.120. The number of carbonyl (C=O) groups is 1. The first-order chi connectivity index (χ1) is 7.14. The number of carbonyl (C=O) groups excluding carboxylic acids is 1. The Morgan fingerprint density at radius 3 is 2.67 bits per heavy atom. The van der Waals surface area contributed by atoms with Crippen LogP contribution in [0.15, 0.2) is 18.2 Å². The zero-order valence-electron chi connectivity index (χ0n) is 7.80. The number of esters is 1. The molecule has 1 aromatic rings.